The average Bonchev–Trinajstić information content (AvgIpc) is 3.29. The van der Waals surface area contributed by atoms with Gasteiger partial charge in [0.2, 0.25) is 0 Å². The molecule has 0 aromatic rings. The van der Waals surface area contributed by atoms with Crippen LogP contribution >= 0.6 is 9.24 Å². The summed E-state index contributed by atoms with van der Waals surface area (Å²) < 4.78 is 76.7. The fourth-order valence-electron chi connectivity index (χ4n) is 7.02. The third-order valence-corrected chi connectivity index (χ3v) is 9.50. The highest BCUT2D eigenvalue weighted by atomic mass is 31.0. The van der Waals surface area contributed by atoms with Gasteiger partial charge in [-0.3, -0.25) is 0 Å². The molecule has 0 radical (unpaired) electrons. The summed E-state index contributed by atoms with van der Waals surface area (Å²) in [5, 5.41) is 73.3. The van der Waals surface area contributed by atoms with Crippen molar-refractivity contribution >= 4 is 9.24 Å². The van der Waals surface area contributed by atoms with E-state index in [9.17, 15) is 20.4 Å². The largest absolute Gasteiger partial charge is 0.462 e. The molecule has 21 nitrogen and oxygen atoms in total. The number of hydrogen-bond donors (Lipinski definition) is 8. The van der Waals surface area contributed by atoms with Gasteiger partial charge < -0.3 is 102 Å². The van der Waals surface area contributed by atoms with Crippen LogP contribution in [-0.4, -0.2) is 228 Å². The summed E-state index contributed by atoms with van der Waals surface area (Å²) in [5.41, 5.74) is 0. The van der Waals surface area contributed by atoms with Crippen molar-refractivity contribution in [3.05, 3.63) is 0 Å². The van der Waals surface area contributed by atoms with Crippen LogP contribution in [0.25, 0.3) is 0 Å². The van der Waals surface area contributed by atoms with Crippen LogP contribution in [0.4, 0.5) is 0 Å². The first-order valence-corrected chi connectivity index (χ1v) is 21.2. The minimum absolute atomic E-state index is 0.0222. The smallest absolute Gasteiger partial charge is 0.187 e. The molecule has 22 heteroatoms. The first-order chi connectivity index (χ1) is 31.7. The second kappa shape index (κ2) is 39.9. The van der Waals surface area contributed by atoms with Crippen LogP contribution in [0.2, 0.25) is 0 Å². The van der Waals surface area contributed by atoms with E-state index in [1.165, 1.54) is 48.6 Å². The van der Waals surface area contributed by atoms with Crippen LogP contribution in [0.5, 0.6) is 0 Å². The van der Waals surface area contributed by atoms with E-state index in [4.69, 9.17) is 88.4 Å². The fraction of sp³-hybridized carbons (Fsp3) is 0.773. The van der Waals surface area contributed by atoms with E-state index in [-0.39, 0.29) is 44.8 Å². The van der Waals surface area contributed by atoms with E-state index in [2.05, 4.69) is 39.3 Å². The number of methoxy groups -OCH3 is 7. The topological polar surface area (TPSA) is 282 Å². The molecule has 9 unspecified atom stereocenters. The molecule has 1 aliphatic carbocycles. The molecule has 3 aliphatic rings. The van der Waals surface area contributed by atoms with E-state index in [1.807, 2.05) is 12.8 Å². The van der Waals surface area contributed by atoms with Crippen LogP contribution < -0.4 is 0 Å². The fourth-order valence-corrected chi connectivity index (χ4v) is 7.02. The lowest BCUT2D eigenvalue weighted by atomic mass is 9.80. The predicted octanol–water partition coefficient (Wildman–Crippen LogP) is -1.46. The van der Waals surface area contributed by atoms with Gasteiger partial charge >= 0.3 is 0 Å². The maximum atomic E-state index is 12.0. The van der Waals surface area contributed by atoms with Gasteiger partial charge in [0.15, 0.2) is 12.6 Å². The number of aliphatic hydroxyl groups is 8. The Morgan fingerprint density at radius 2 is 1.21 bits per heavy atom. The monoisotopic (exact) mass is 968 g/mol. The Hall–Kier alpha value is -3.09. The Morgan fingerprint density at radius 1 is 0.667 bits per heavy atom. The molecule has 1 saturated carbocycles. The predicted molar refractivity (Wildman–Crippen MR) is 238 cm³/mol. The molecule has 0 bridgehead atoms. The van der Waals surface area contributed by atoms with Crippen LogP contribution in [0.3, 0.4) is 0 Å². The Kier molecular flexibility index (Phi) is 39.3. The minimum atomic E-state index is -1.40. The van der Waals surface area contributed by atoms with E-state index in [1.54, 1.807) is 33.4 Å². The van der Waals surface area contributed by atoms with Crippen molar-refractivity contribution in [2.24, 2.45) is 5.92 Å². The molecule has 380 valence electrons. The van der Waals surface area contributed by atoms with Crippen molar-refractivity contribution in [1.29, 1.82) is 0 Å². The van der Waals surface area contributed by atoms with Crippen molar-refractivity contribution in [3.8, 4) is 60.8 Å². The third kappa shape index (κ3) is 22.8. The molecule has 2 aliphatic heterocycles. The van der Waals surface area contributed by atoms with Gasteiger partial charge in [-0.2, -0.15) is 0 Å². The summed E-state index contributed by atoms with van der Waals surface area (Å²) in [5.74, 6) is 10.3. The summed E-state index contributed by atoms with van der Waals surface area (Å²) in [6.45, 7) is 4.91. The highest BCUT2D eigenvalue weighted by molar-refractivity contribution is 7.16. The minimum Gasteiger partial charge on any atom is -0.462 e. The van der Waals surface area contributed by atoms with E-state index < -0.39 is 91.9 Å². The van der Waals surface area contributed by atoms with Gasteiger partial charge in [0, 0.05) is 81.1 Å². The maximum absolute atomic E-state index is 12.0. The molecule has 3 rings (SSSR count). The number of hydrogen-bond acceptors (Lipinski definition) is 21. The summed E-state index contributed by atoms with van der Waals surface area (Å²) in [7, 11) is 12.6. The third-order valence-electron chi connectivity index (χ3n) is 9.50. The van der Waals surface area contributed by atoms with Crippen LogP contribution in [0.1, 0.15) is 27.2 Å². The zero-order valence-corrected chi connectivity index (χ0v) is 40.5. The summed E-state index contributed by atoms with van der Waals surface area (Å²) in [6.07, 6.45) is -0.798. The summed E-state index contributed by atoms with van der Waals surface area (Å²) >= 11 is 0. The molecule has 18 atom stereocenters. The van der Waals surface area contributed by atoms with Crippen molar-refractivity contribution in [3.63, 3.8) is 0 Å². The van der Waals surface area contributed by atoms with Crippen molar-refractivity contribution in [1.82, 2.24) is 0 Å². The Bertz CT molecular complexity index is 1490. The lowest BCUT2D eigenvalue weighted by Gasteiger charge is -2.50. The van der Waals surface area contributed by atoms with Crippen molar-refractivity contribution in [2.45, 2.75) is 125 Å². The summed E-state index contributed by atoms with van der Waals surface area (Å²) in [6, 6.07) is 0. The second-order valence-corrected chi connectivity index (χ2v) is 14.4. The molecule has 8 N–H and O–H groups in total. The van der Waals surface area contributed by atoms with Gasteiger partial charge in [-0.05, 0) is 32.1 Å². The highest BCUT2D eigenvalue weighted by Gasteiger charge is 2.55. The van der Waals surface area contributed by atoms with E-state index in [0.29, 0.717) is 13.0 Å². The van der Waals surface area contributed by atoms with Gasteiger partial charge in [0.25, 0.3) is 0 Å². The van der Waals surface area contributed by atoms with Crippen LogP contribution in [-0.2, 0) is 61.6 Å². The zero-order chi connectivity index (χ0) is 50.6. The molecule has 66 heavy (non-hydrogen) atoms. The SMILES string of the molecule is C#CC#CC#CO.C#CO.CC#CO.COCC(C)OC1C(OC)[C@H](OC)[C@H](CO)C[C@H]1O[C@@H]1C(COC)O[C@@H](O[C@H]2C(OC)C(O)[C@H](OC)O[C@H]2COC)C(OCC(C)O)[C@H]1O.OCP. The van der Waals surface area contributed by atoms with Gasteiger partial charge in [-0.25, -0.2) is 0 Å². The van der Waals surface area contributed by atoms with Gasteiger partial charge in [0.05, 0.1) is 57.2 Å². The van der Waals surface area contributed by atoms with Gasteiger partial charge in [-0.1, -0.05) is 12.3 Å². The molecule has 2 saturated heterocycles. The van der Waals surface area contributed by atoms with Crippen molar-refractivity contribution < 1.29 is 102 Å². The second-order valence-electron chi connectivity index (χ2n) is 14.1. The standard InChI is InChI=1S/C32H60O17.C6H2O.C3H4O.C2H2O.CH5OP/c1-16(34)12-44-29-22(35)25(46-19-10-18(11-33)24(40-6)30(42-8)26(19)45-17(2)13-37-3)20(14-38-4)48-32(29)49-27-21(15-39-5)47-31(43-9)23(36)28(27)41-7;1-2-3-4-5-6-7;1-2-3-4;1-2-3;2-1-3/h16-36H,10-15H2,1-9H3;1,7H;4H,1H3;1,3H;2H,1,3H2/t16?,17?,18-,19+,20?,21-,22-,23?,24+,25+,26?,27+,28?,29?,30?,31+,32-;;;;/m0..../s1. The number of rotatable bonds is 20. The molecule has 0 aromatic carbocycles. The number of aliphatic hydroxyl groups excluding tert-OH is 8. The van der Waals surface area contributed by atoms with Crippen LogP contribution in [0, 0.1) is 66.7 Å². The lowest BCUT2D eigenvalue weighted by molar-refractivity contribution is -0.371. The maximum Gasteiger partial charge on any atom is 0.187 e. The summed E-state index contributed by atoms with van der Waals surface area (Å²) in [4.78, 5) is 0. The van der Waals surface area contributed by atoms with E-state index >= 15 is 0 Å². The number of terminal acetylenes is 2. The number of ether oxygens (including phenoxy) is 13. The molecule has 0 spiro atoms. The van der Waals surface area contributed by atoms with E-state index in [0.717, 1.165) is 0 Å². The Morgan fingerprint density at radius 3 is 1.65 bits per heavy atom. The zero-order valence-electron chi connectivity index (χ0n) is 39.4. The molecule has 2 heterocycles. The van der Waals surface area contributed by atoms with Crippen LogP contribution in [0.15, 0.2) is 0 Å². The Balaban J connectivity index is 0. The Labute approximate surface area is 392 Å². The quantitative estimate of drug-likeness (QED) is 0.0511. The highest BCUT2D eigenvalue weighted by Crippen LogP contribution is 2.38. The normalized spacial score (nSPS) is 31.7. The average molecular weight is 969 g/mol. The molecule has 3 fully saturated rings. The lowest BCUT2D eigenvalue weighted by Crippen LogP contribution is -2.67. The molecule has 0 amide bonds. The van der Waals surface area contributed by atoms with Gasteiger partial charge in [-0.15, -0.1) is 15.7 Å². The first-order valence-electron chi connectivity index (χ1n) is 20.4. The first kappa shape index (κ1) is 65.0. The molecular weight excluding hydrogens is 895 g/mol. The van der Waals surface area contributed by atoms with Gasteiger partial charge in [0.1, 0.15) is 79.4 Å². The molecule has 0 aromatic heterocycles. The van der Waals surface area contributed by atoms with Crippen molar-refractivity contribution in [2.75, 3.05) is 89.2 Å². The molecular formula is C44H73O21P.